The molecule has 0 aliphatic carbocycles. The average Bonchev–Trinajstić information content (AvgIpc) is 3.34. The molecule has 0 aliphatic rings. The van der Waals surface area contributed by atoms with Crippen LogP contribution in [-0.4, -0.2) is 13.3 Å². The van der Waals surface area contributed by atoms with Gasteiger partial charge in [-0.3, -0.25) is 0 Å². The summed E-state index contributed by atoms with van der Waals surface area (Å²) in [4.78, 5) is 2.33. The molecule has 10 rings (SSSR count). The Hall–Kier alpha value is -7.40. The Kier molecular flexibility index (Phi) is 10.6. The van der Waals surface area contributed by atoms with Crippen LogP contribution in [0.4, 0.5) is 17.1 Å². The topological polar surface area (TPSA) is 12.5 Å². The quantitative estimate of drug-likeness (QED) is 0.120. The van der Waals surface area contributed by atoms with Crippen molar-refractivity contribution in [2.45, 2.75) is 0 Å². The van der Waals surface area contributed by atoms with Crippen LogP contribution in [-0.2, 0) is 0 Å². The van der Waals surface area contributed by atoms with E-state index in [0.29, 0.717) is 0 Å². The molecule has 61 heavy (non-hydrogen) atoms. The van der Waals surface area contributed by atoms with Crippen LogP contribution in [0.1, 0.15) is 0 Å². The fourth-order valence-corrected chi connectivity index (χ4v) is 18.7. The molecule has 0 fully saturated rings. The Morgan fingerprint density at radius 2 is 0.639 bits per heavy atom. The summed E-state index contributed by atoms with van der Waals surface area (Å²) in [6.45, 7) is 0. The third kappa shape index (κ3) is 7.55. The molecule has 10 aromatic rings. The van der Waals surface area contributed by atoms with Gasteiger partial charge in [0.25, 0.3) is 0 Å². The average molecular weight is 843 g/mol. The van der Waals surface area contributed by atoms with Crippen molar-refractivity contribution in [2.24, 2.45) is 0 Å². The molecule has 10 aromatic carbocycles. The maximum atomic E-state index is 6.15. The van der Waals surface area contributed by atoms with E-state index in [1.54, 1.807) is 0 Å². The molecule has 0 N–H and O–H groups in total. The van der Waals surface area contributed by atoms with Gasteiger partial charge in [0.2, 0.25) is 0 Å². The van der Waals surface area contributed by atoms with Crippen molar-refractivity contribution in [1.82, 2.24) is 0 Å². The second-order valence-electron chi connectivity index (χ2n) is 15.3. The van der Waals surface area contributed by atoms with Gasteiger partial charge in [0, 0.05) is 11.1 Å². The molecule has 0 radical (unpaired) electrons. The van der Waals surface area contributed by atoms with Crippen LogP contribution >= 0.6 is 0 Å². The van der Waals surface area contributed by atoms with Gasteiger partial charge >= 0.3 is 223 Å². The third-order valence-electron chi connectivity index (χ3n) is 11.7. The van der Waals surface area contributed by atoms with E-state index in [0.717, 1.165) is 28.6 Å². The Bertz CT molecular complexity index is 2890. The van der Waals surface area contributed by atoms with Gasteiger partial charge in [0.05, 0.1) is 5.69 Å². The minimum Gasteiger partial charge on any atom is -0.0616 e. The molecule has 0 atom stereocenters. The fourth-order valence-electron chi connectivity index (χ4n) is 8.75. The van der Waals surface area contributed by atoms with Crippen LogP contribution in [0.25, 0.3) is 33.0 Å². The minimum atomic E-state index is -3.31. The zero-order valence-corrected chi connectivity index (χ0v) is 35.8. The summed E-state index contributed by atoms with van der Waals surface area (Å²) < 4.78 is 11.8. The van der Waals surface area contributed by atoms with Crippen LogP contribution in [0.3, 0.4) is 0 Å². The summed E-state index contributed by atoms with van der Waals surface area (Å²) in [5.74, 6) is 1.61. The molecule has 2 nitrogen and oxygen atoms in total. The zero-order chi connectivity index (χ0) is 40.9. The number of para-hydroxylation sites is 1. The first-order valence-electron chi connectivity index (χ1n) is 20.8. The molecule has 0 saturated carbocycles. The largest absolute Gasteiger partial charge is 0.0616 e. The van der Waals surface area contributed by atoms with E-state index in [9.17, 15) is 0 Å². The first kappa shape index (κ1) is 37.8. The van der Waals surface area contributed by atoms with Crippen molar-refractivity contribution >= 4 is 58.7 Å². The van der Waals surface area contributed by atoms with Crippen LogP contribution < -0.4 is 27.2 Å². The number of nitrogens with zero attached hydrogens (tertiary/aromatic N) is 1. The molecule has 0 amide bonds. The number of fused-ring (bicyclic) bond motifs is 1. The van der Waals surface area contributed by atoms with Crippen molar-refractivity contribution in [3.8, 4) is 33.8 Å². The van der Waals surface area contributed by atoms with Gasteiger partial charge in [-0.2, -0.15) is 0 Å². The van der Waals surface area contributed by atoms with Gasteiger partial charge < -0.3 is 9.64 Å². The van der Waals surface area contributed by atoms with Gasteiger partial charge in [-0.15, -0.1) is 0 Å². The smallest absolute Gasteiger partial charge is 0.0540 e. The molecule has 0 aliphatic heterocycles. The van der Waals surface area contributed by atoms with E-state index >= 15 is 0 Å². The molecule has 0 unspecified atom stereocenters. The molecule has 0 spiro atoms. The fraction of sp³-hybridized carbons (Fsp3) is 0. The maximum absolute atomic E-state index is 6.15. The number of hydrogen-bond acceptors (Lipinski definition) is 2. The summed E-state index contributed by atoms with van der Waals surface area (Å²) in [6.07, 6.45) is 0. The van der Waals surface area contributed by atoms with Crippen molar-refractivity contribution in [2.75, 3.05) is 4.90 Å². The number of benzene rings is 10. The van der Waals surface area contributed by atoms with Crippen molar-refractivity contribution in [1.29, 1.82) is 0 Å². The Morgan fingerprint density at radius 3 is 1.15 bits per heavy atom. The second-order valence-corrected chi connectivity index (χ2v) is 23.3. The first-order chi connectivity index (χ1) is 30.2. The number of rotatable bonds is 11. The molecule has 290 valence electrons. The van der Waals surface area contributed by atoms with Gasteiger partial charge in [-0.05, 0) is 47.9 Å². The summed E-state index contributed by atoms with van der Waals surface area (Å²) in [5, 5.41) is 2.39. The van der Waals surface area contributed by atoms with E-state index in [1.807, 2.05) is 42.5 Å². The van der Waals surface area contributed by atoms with Crippen molar-refractivity contribution in [3.05, 3.63) is 261 Å². The first-order valence-corrected chi connectivity index (χ1v) is 25.0. The summed E-state index contributed by atoms with van der Waals surface area (Å²) in [6, 6.07) is 94.1. The monoisotopic (exact) mass is 843 g/mol. The summed E-state index contributed by atoms with van der Waals surface area (Å²) in [7, 11) is 0. The van der Waals surface area contributed by atoms with E-state index in [4.69, 9.17) is 4.74 Å². The summed E-state index contributed by atoms with van der Waals surface area (Å²) in [5.41, 5.74) is 8.01. The zero-order valence-electron chi connectivity index (χ0n) is 33.7. The molecule has 0 heterocycles. The number of hydrogen-bond donors (Lipinski definition) is 0. The molecular weight excluding hydrogens is 799 g/mol. The normalized spacial score (nSPS) is 11.3. The van der Waals surface area contributed by atoms with Gasteiger partial charge in [-0.25, -0.2) is 0 Å². The van der Waals surface area contributed by atoms with Crippen molar-refractivity contribution in [3.63, 3.8) is 0 Å². The summed E-state index contributed by atoms with van der Waals surface area (Å²) >= 11 is -3.31. The van der Waals surface area contributed by atoms with Crippen LogP contribution in [0.15, 0.2) is 261 Å². The number of anilines is 3. The van der Waals surface area contributed by atoms with Gasteiger partial charge in [0.15, 0.2) is 0 Å². The number of ether oxygens (including phenoxy) is 1. The molecular formula is C58H43GeNO. The molecule has 0 saturated heterocycles. The predicted molar refractivity (Wildman–Crippen MR) is 260 cm³/mol. The Morgan fingerprint density at radius 1 is 0.279 bits per heavy atom. The second kappa shape index (κ2) is 17.1. The van der Waals surface area contributed by atoms with Gasteiger partial charge in [0.1, 0.15) is 11.5 Å². The van der Waals surface area contributed by atoms with E-state index in [2.05, 4.69) is 223 Å². The van der Waals surface area contributed by atoms with E-state index in [1.165, 1.54) is 50.6 Å². The van der Waals surface area contributed by atoms with Gasteiger partial charge in [-0.1, -0.05) is 54.6 Å². The Labute approximate surface area is 361 Å². The standard InChI is InChI=1S/C58H43GeNO/c1-5-18-49(19-6-1)59(50-20-7-2-8-21-50,51-22-9-3-10-23-51)52-36-32-46(33-37-52)44-28-30-45(31-29-44)47-34-38-53(39-35-47)60(58-27-15-17-48-16-13-14-26-57(48)58)54-40-42-56(43-41-54)61-55-24-11-4-12-25-55/h1-43H. The Balaban J connectivity index is 0.952. The van der Waals surface area contributed by atoms with E-state index < -0.39 is 13.3 Å². The molecule has 0 bridgehead atoms. The maximum Gasteiger partial charge on any atom is 0.0540 e. The van der Waals surface area contributed by atoms with Crippen LogP contribution in [0, 0.1) is 0 Å². The molecule has 3 heteroatoms. The predicted octanol–water partition coefficient (Wildman–Crippen LogP) is 12.8. The third-order valence-corrected chi connectivity index (χ3v) is 21.8. The van der Waals surface area contributed by atoms with E-state index in [-0.39, 0.29) is 0 Å². The van der Waals surface area contributed by atoms with Crippen LogP contribution in [0.2, 0.25) is 0 Å². The van der Waals surface area contributed by atoms with Crippen LogP contribution in [0.5, 0.6) is 11.5 Å². The molecule has 0 aromatic heterocycles. The SMILES string of the molecule is c1ccc(Oc2ccc(N(c3ccc(-c4ccc(-c5cc[c]([Ge]([c]6ccccc6)([c]6ccccc6)[c]6ccccc6)cc5)cc4)cc3)c3cccc4ccccc34)cc2)cc1. The minimum absolute atomic E-state index is 0.796. The van der Waals surface area contributed by atoms with Crippen molar-refractivity contribution < 1.29 is 4.74 Å².